The van der Waals surface area contributed by atoms with Crippen LogP contribution in [0.2, 0.25) is 0 Å². The highest BCUT2D eigenvalue weighted by molar-refractivity contribution is 7.80. The van der Waals surface area contributed by atoms with E-state index in [0.29, 0.717) is 29.6 Å². The molecule has 1 unspecified atom stereocenters. The number of phenolic OH excluding ortho intramolecular Hbond substituents is 1. The third-order valence-electron chi connectivity index (χ3n) is 3.71. The molecular weight excluding hydrogens is 356 g/mol. The number of hydrogen-bond acceptors (Lipinski definition) is 6. The van der Waals surface area contributed by atoms with E-state index in [9.17, 15) is 13.9 Å². The topological polar surface area (TPSA) is 128 Å². The van der Waals surface area contributed by atoms with Gasteiger partial charge in [0.25, 0.3) is 11.3 Å². The fraction of sp³-hybridized carbons (Fsp3) is 0.176. The molecule has 26 heavy (non-hydrogen) atoms. The van der Waals surface area contributed by atoms with E-state index in [1.165, 1.54) is 6.07 Å². The highest BCUT2D eigenvalue weighted by atomic mass is 32.2. The largest absolute Gasteiger partial charge is 0.508 e. The molecule has 0 aliphatic carbocycles. The smallest absolute Gasteiger partial charge is 0.260 e. The molecule has 136 valence electrons. The molecular formula is C17H18N4O4S. The molecule has 0 aliphatic heterocycles. The van der Waals surface area contributed by atoms with Crippen LogP contribution in [-0.4, -0.2) is 35.5 Å². The number of benzene rings is 2. The Morgan fingerprint density at radius 1 is 1.04 bits per heavy atom. The Hall–Kier alpha value is -2.75. The van der Waals surface area contributed by atoms with E-state index >= 15 is 0 Å². The molecule has 1 aromatic heterocycles. The summed E-state index contributed by atoms with van der Waals surface area (Å²) < 4.78 is 22.7. The summed E-state index contributed by atoms with van der Waals surface area (Å²) in [7, 11) is 0. The second kappa shape index (κ2) is 8.09. The Kier molecular flexibility index (Phi) is 5.61. The molecule has 8 nitrogen and oxygen atoms in total. The monoisotopic (exact) mass is 374 g/mol. The van der Waals surface area contributed by atoms with Gasteiger partial charge in [-0.3, -0.25) is 9.27 Å². The summed E-state index contributed by atoms with van der Waals surface area (Å²) in [5.74, 6) is 0.428. The van der Waals surface area contributed by atoms with Crippen LogP contribution >= 0.6 is 0 Å². The lowest BCUT2D eigenvalue weighted by Crippen LogP contribution is -2.09. The number of nitrogens with one attached hydrogen (secondary N) is 2. The van der Waals surface area contributed by atoms with Gasteiger partial charge >= 0.3 is 0 Å². The number of aromatic hydroxyl groups is 1. The van der Waals surface area contributed by atoms with Crippen LogP contribution in [0.3, 0.4) is 0 Å². The first-order valence-corrected chi connectivity index (χ1v) is 9.01. The second-order valence-electron chi connectivity index (χ2n) is 5.55. The van der Waals surface area contributed by atoms with Crippen molar-refractivity contribution in [3.8, 4) is 5.75 Å². The Bertz CT molecular complexity index is 951. The van der Waals surface area contributed by atoms with Crippen molar-refractivity contribution in [3.63, 3.8) is 0 Å². The molecule has 2 aromatic carbocycles. The normalized spacial score (nSPS) is 12.1. The maximum absolute atomic E-state index is 11.2. The molecule has 0 bridgehead atoms. The minimum absolute atomic E-state index is 0.0480. The van der Waals surface area contributed by atoms with Crippen LogP contribution in [0.5, 0.6) is 5.75 Å². The number of aliphatic hydroxyl groups excluding tert-OH is 1. The zero-order valence-electron chi connectivity index (χ0n) is 13.7. The number of aryl methyl sites for hydroxylation is 1. The number of aliphatic hydroxyl groups is 1. The van der Waals surface area contributed by atoms with E-state index in [1.54, 1.807) is 30.3 Å². The number of hydrogen-bond donors (Lipinski definition) is 5. The minimum Gasteiger partial charge on any atom is -0.508 e. The SMILES string of the molecule is O=S(O)Nc1nc2ccccc2nc1Nc1cc(O)ccc1CCCO. The first-order chi connectivity index (χ1) is 12.6. The van der Waals surface area contributed by atoms with Crippen molar-refractivity contribution in [1.29, 1.82) is 0 Å². The quantitative estimate of drug-likeness (QED) is 0.402. The highest BCUT2D eigenvalue weighted by Gasteiger charge is 2.13. The minimum atomic E-state index is -2.32. The van der Waals surface area contributed by atoms with Gasteiger partial charge in [0.15, 0.2) is 11.6 Å². The predicted octanol–water partition coefficient (Wildman–Crippen LogP) is 2.55. The molecule has 0 saturated carbocycles. The predicted molar refractivity (Wildman–Crippen MR) is 101 cm³/mol. The summed E-state index contributed by atoms with van der Waals surface area (Å²) >= 11 is -2.32. The summed E-state index contributed by atoms with van der Waals surface area (Å²) in [5.41, 5.74) is 2.63. The lowest BCUT2D eigenvalue weighted by Gasteiger charge is -2.15. The standard InChI is InChI=1S/C17H18N4O4S/c22-9-3-4-11-7-8-12(23)10-15(11)20-16-17(21-26(24)25)19-14-6-2-1-5-13(14)18-16/h1-2,5-8,10,22-23H,3-4,9H2,(H,18,20)(H,19,21)(H,24,25). The third-order valence-corrected chi connectivity index (χ3v) is 4.07. The van der Waals surface area contributed by atoms with Crippen LogP contribution in [-0.2, 0) is 17.7 Å². The van der Waals surface area contributed by atoms with Crippen LogP contribution < -0.4 is 10.0 Å². The first-order valence-electron chi connectivity index (χ1n) is 7.91. The summed E-state index contributed by atoms with van der Waals surface area (Å²) in [6.45, 7) is 0.0480. The highest BCUT2D eigenvalue weighted by Crippen LogP contribution is 2.29. The van der Waals surface area contributed by atoms with Crippen molar-refractivity contribution in [1.82, 2.24) is 9.97 Å². The van der Waals surface area contributed by atoms with Gasteiger partial charge in [-0.25, -0.2) is 14.2 Å². The van der Waals surface area contributed by atoms with Crippen LogP contribution in [0.4, 0.5) is 17.3 Å². The van der Waals surface area contributed by atoms with Gasteiger partial charge in [0.2, 0.25) is 0 Å². The molecule has 3 rings (SSSR count). The second-order valence-corrected chi connectivity index (χ2v) is 6.26. The number of anilines is 3. The van der Waals surface area contributed by atoms with E-state index in [4.69, 9.17) is 5.11 Å². The molecule has 0 spiro atoms. The Morgan fingerprint density at radius 3 is 2.38 bits per heavy atom. The van der Waals surface area contributed by atoms with E-state index in [0.717, 1.165) is 5.56 Å². The van der Waals surface area contributed by atoms with Gasteiger partial charge in [-0.2, -0.15) is 0 Å². The Labute approximate surface area is 152 Å². The number of fused-ring (bicyclic) bond motifs is 1. The Morgan fingerprint density at radius 2 is 1.73 bits per heavy atom. The van der Waals surface area contributed by atoms with Gasteiger partial charge in [0, 0.05) is 18.4 Å². The van der Waals surface area contributed by atoms with E-state index < -0.39 is 11.3 Å². The van der Waals surface area contributed by atoms with Gasteiger partial charge < -0.3 is 15.5 Å². The van der Waals surface area contributed by atoms with Crippen molar-refractivity contribution in [3.05, 3.63) is 48.0 Å². The summed E-state index contributed by atoms with van der Waals surface area (Å²) in [6, 6.07) is 12.0. The lowest BCUT2D eigenvalue weighted by molar-refractivity contribution is 0.288. The molecule has 5 N–H and O–H groups in total. The van der Waals surface area contributed by atoms with Crippen LogP contribution in [0.15, 0.2) is 42.5 Å². The van der Waals surface area contributed by atoms with Crippen LogP contribution in [0, 0.1) is 0 Å². The van der Waals surface area contributed by atoms with Crippen LogP contribution in [0.1, 0.15) is 12.0 Å². The number of para-hydroxylation sites is 2. The van der Waals surface area contributed by atoms with Crippen molar-refractivity contribution < 1.29 is 19.0 Å². The van der Waals surface area contributed by atoms with Crippen molar-refractivity contribution in [2.45, 2.75) is 12.8 Å². The van der Waals surface area contributed by atoms with Crippen LogP contribution in [0.25, 0.3) is 11.0 Å². The number of rotatable bonds is 7. The van der Waals surface area contributed by atoms with Crippen molar-refractivity contribution in [2.75, 3.05) is 16.6 Å². The molecule has 3 aromatic rings. The molecule has 1 heterocycles. The molecule has 9 heteroatoms. The zero-order valence-corrected chi connectivity index (χ0v) is 14.5. The van der Waals surface area contributed by atoms with Crippen molar-refractivity contribution >= 4 is 39.6 Å². The van der Waals surface area contributed by atoms with E-state index in [1.807, 2.05) is 6.07 Å². The number of aromatic nitrogens is 2. The van der Waals surface area contributed by atoms with E-state index in [-0.39, 0.29) is 24.0 Å². The van der Waals surface area contributed by atoms with Gasteiger partial charge in [0.1, 0.15) is 5.75 Å². The fourth-order valence-electron chi connectivity index (χ4n) is 2.54. The average Bonchev–Trinajstić information content (AvgIpc) is 2.61. The first kappa shape index (κ1) is 18.1. The molecule has 0 aliphatic rings. The fourth-order valence-corrected chi connectivity index (χ4v) is 2.84. The number of phenols is 1. The average molecular weight is 374 g/mol. The van der Waals surface area contributed by atoms with E-state index in [2.05, 4.69) is 20.0 Å². The zero-order chi connectivity index (χ0) is 18.5. The maximum atomic E-state index is 11.2. The molecule has 0 fully saturated rings. The van der Waals surface area contributed by atoms with Crippen molar-refractivity contribution in [2.24, 2.45) is 0 Å². The Balaban J connectivity index is 2.04. The molecule has 0 saturated heterocycles. The maximum Gasteiger partial charge on any atom is 0.260 e. The van der Waals surface area contributed by atoms with Gasteiger partial charge in [-0.05, 0) is 36.6 Å². The molecule has 0 amide bonds. The summed E-state index contributed by atoms with van der Waals surface area (Å²) in [5, 5.41) is 21.9. The van der Waals surface area contributed by atoms with Gasteiger partial charge in [-0.15, -0.1) is 0 Å². The molecule has 1 atom stereocenters. The van der Waals surface area contributed by atoms with Gasteiger partial charge in [0.05, 0.1) is 11.0 Å². The van der Waals surface area contributed by atoms with Gasteiger partial charge in [-0.1, -0.05) is 18.2 Å². The lowest BCUT2D eigenvalue weighted by atomic mass is 10.1. The summed E-state index contributed by atoms with van der Waals surface area (Å²) in [4.78, 5) is 8.80. The summed E-state index contributed by atoms with van der Waals surface area (Å²) in [6.07, 6.45) is 1.16. The number of nitrogens with zero attached hydrogens (tertiary/aromatic N) is 2. The third kappa shape index (κ3) is 4.26. The molecule has 0 radical (unpaired) electrons.